The molecule has 0 saturated carbocycles. The Bertz CT molecular complexity index is 337. The van der Waals surface area contributed by atoms with Crippen molar-refractivity contribution >= 4 is 33.2 Å². The van der Waals surface area contributed by atoms with Gasteiger partial charge in [-0.05, 0) is 39.4 Å². The predicted octanol–water partition coefficient (Wildman–Crippen LogP) is 3.52. The van der Waals surface area contributed by atoms with Crippen LogP contribution in [0.5, 0.6) is 0 Å². The van der Waals surface area contributed by atoms with E-state index in [1.165, 1.54) is 5.56 Å². The lowest BCUT2D eigenvalue weighted by Crippen LogP contribution is -2.30. The number of hydrogen-bond donors (Lipinski definition) is 0. The quantitative estimate of drug-likeness (QED) is 0.831. The smallest absolute Gasteiger partial charge is 0.225 e. The summed E-state index contributed by atoms with van der Waals surface area (Å²) in [5.74, 6) is 0.344. The first-order valence-electron chi connectivity index (χ1n) is 5.02. The lowest BCUT2D eigenvalue weighted by atomic mass is 10.1. The Morgan fingerprint density at radius 3 is 2.80 bits per heavy atom. The molecular weight excluding hydrogens is 274 g/mol. The molecule has 0 aromatic carbocycles. The molecule has 1 aromatic rings. The highest BCUT2D eigenvalue weighted by molar-refractivity contribution is 9.11. The van der Waals surface area contributed by atoms with Crippen LogP contribution in [0.3, 0.4) is 0 Å². The summed E-state index contributed by atoms with van der Waals surface area (Å²) in [7, 11) is 1.86. The van der Waals surface area contributed by atoms with Crippen molar-refractivity contribution in [3.05, 3.63) is 20.8 Å². The number of rotatable bonds is 4. The van der Waals surface area contributed by atoms with Crippen LogP contribution < -0.4 is 0 Å². The Kier molecular flexibility index (Phi) is 4.80. The maximum Gasteiger partial charge on any atom is 0.225 e. The first-order chi connectivity index (χ1) is 7.04. The Morgan fingerprint density at radius 2 is 2.33 bits per heavy atom. The minimum Gasteiger partial charge on any atom is -0.341 e. The number of carbonyl (C=O) groups excluding carboxylic acids is 1. The van der Waals surface area contributed by atoms with Gasteiger partial charge in [0, 0.05) is 19.5 Å². The second kappa shape index (κ2) is 5.66. The number of hydrogen-bond acceptors (Lipinski definition) is 2. The summed E-state index contributed by atoms with van der Waals surface area (Å²) < 4.78 is 1.11. The standard InChI is InChI=1S/C11H16BrNOS/c1-4-8(2)11(14)13(3)6-9-5-10(12)15-7-9/h5,7-8H,4,6H2,1-3H3. The van der Waals surface area contributed by atoms with Gasteiger partial charge in [-0.25, -0.2) is 0 Å². The second-order valence-corrected chi connectivity index (χ2v) is 6.05. The summed E-state index contributed by atoms with van der Waals surface area (Å²) in [5.41, 5.74) is 1.19. The summed E-state index contributed by atoms with van der Waals surface area (Å²) in [4.78, 5) is 13.6. The predicted molar refractivity (Wildman–Crippen MR) is 67.9 cm³/mol. The van der Waals surface area contributed by atoms with Crippen molar-refractivity contribution in [2.75, 3.05) is 7.05 Å². The summed E-state index contributed by atoms with van der Waals surface area (Å²) in [5, 5.41) is 2.07. The average Bonchev–Trinajstić information content (AvgIpc) is 2.61. The van der Waals surface area contributed by atoms with Gasteiger partial charge in [-0.2, -0.15) is 0 Å². The molecule has 0 aliphatic carbocycles. The lowest BCUT2D eigenvalue weighted by molar-refractivity contribution is -0.134. The molecule has 2 nitrogen and oxygen atoms in total. The molecule has 1 unspecified atom stereocenters. The highest BCUT2D eigenvalue weighted by Crippen LogP contribution is 2.21. The van der Waals surface area contributed by atoms with Crippen molar-refractivity contribution < 1.29 is 4.79 Å². The van der Waals surface area contributed by atoms with Crippen molar-refractivity contribution in [1.82, 2.24) is 4.90 Å². The first kappa shape index (κ1) is 12.7. The van der Waals surface area contributed by atoms with Crippen molar-refractivity contribution in [1.29, 1.82) is 0 Å². The molecule has 0 saturated heterocycles. The van der Waals surface area contributed by atoms with Crippen molar-refractivity contribution in [3.63, 3.8) is 0 Å². The van der Waals surface area contributed by atoms with E-state index in [0.717, 1.165) is 10.2 Å². The number of thiophene rings is 1. The molecule has 4 heteroatoms. The van der Waals surface area contributed by atoms with E-state index in [9.17, 15) is 4.79 Å². The van der Waals surface area contributed by atoms with Gasteiger partial charge >= 0.3 is 0 Å². The zero-order chi connectivity index (χ0) is 11.4. The first-order valence-corrected chi connectivity index (χ1v) is 6.69. The van der Waals surface area contributed by atoms with Gasteiger partial charge < -0.3 is 4.90 Å². The van der Waals surface area contributed by atoms with Crippen LogP contribution in [0.4, 0.5) is 0 Å². The van der Waals surface area contributed by atoms with Crippen LogP contribution in [0, 0.1) is 5.92 Å². The van der Waals surface area contributed by atoms with Crippen LogP contribution >= 0.6 is 27.3 Å². The zero-order valence-corrected chi connectivity index (χ0v) is 11.7. The van der Waals surface area contributed by atoms with E-state index in [1.54, 1.807) is 16.2 Å². The summed E-state index contributed by atoms with van der Waals surface area (Å²) in [6.45, 7) is 4.71. The average molecular weight is 290 g/mol. The molecule has 0 aliphatic rings. The van der Waals surface area contributed by atoms with Crippen LogP contribution in [-0.4, -0.2) is 17.9 Å². The third-order valence-corrected chi connectivity index (χ3v) is 4.00. The minimum atomic E-state index is 0.122. The van der Waals surface area contributed by atoms with Crippen LogP contribution in [0.15, 0.2) is 15.2 Å². The molecule has 1 atom stereocenters. The van der Waals surface area contributed by atoms with E-state index >= 15 is 0 Å². The Labute approximate surface area is 103 Å². The monoisotopic (exact) mass is 289 g/mol. The van der Waals surface area contributed by atoms with Crippen LogP contribution in [0.1, 0.15) is 25.8 Å². The molecule has 1 rings (SSSR count). The summed E-state index contributed by atoms with van der Waals surface area (Å²) in [6, 6.07) is 2.06. The Hall–Kier alpha value is -0.350. The Morgan fingerprint density at radius 1 is 1.67 bits per heavy atom. The maximum atomic E-state index is 11.8. The topological polar surface area (TPSA) is 20.3 Å². The maximum absolute atomic E-state index is 11.8. The molecule has 0 radical (unpaired) electrons. The molecule has 0 N–H and O–H groups in total. The second-order valence-electron chi connectivity index (χ2n) is 3.76. The van der Waals surface area contributed by atoms with Crippen molar-refractivity contribution in [3.8, 4) is 0 Å². The summed E-state index contributed by atoms with van der Waals surface area (Å²) in [6.07, 6.45) is 0.899. The zero-order valence-electron chi connectivity index (χ0n) is 9.29. The van der Waals surface area contributed by atoms with E-state index < -0.39 is 0 Å². The fourth-order valence-corrected chi connectivity index (χ4v) is 2.53. The van der Waals surface area contributed by atoms with E-state index in [2.05, 4.69) is 27.4 Å². The molecule has 15 heavy (non-hydrogen) atoms. The van der Waals surface area contributed by atoms with Gasteiger partial charge in [0.25, 0.3) is 0 Å². The molecule has 0 bridgehead atoms. The minimum absolute atomic E-state index is 0.122. The van der Waals surface area contributed by atoms with Crippen LogP contribution in [0.2, 0.25) is 0 Å². The van der Waals surface area contributed by atoms with Gasteiger partial charge in [0.1, 0.15) is 0 Å². The van der Waals surface area contributed by atoms with E-state index in [1.807, 2.05) is 20.9 Å². The number of carbonyl (C=O) groups is 1. The fourth-order valence-electron chi connectivity index (χ4n) is 1.33. The number of amides is 1. The molecule has 0 spiro atoms. The van der Waals surface area contributed by atoms with Crippen LogP contribution in [0.25, 0.3) is 0 Å². The van der Waals surface area contributed by atoms with Gasteiger partial charge in [-0.1, -0.05) is 13.8 Å². The molecular formula is C11H16BrNOS. The molecule has 84 valence electrons. The van der Waals surface area contributed by atoms with E-state index in [4.69, 9.17) is 0 Å². The summed E-state index contributed by atoms with van der Waals surface area (Å²) >= 11 is 5.07. The largest absolute Gasteiger partial charge is 0.341 e. The van der Waals surface area contributed by atoms with Gasteiger partial charge in [0.15, 0.2) is 0 Å². The molecule has 1 heterocycles. The number of halogens is 1. The van der Waals surface area contributed by atoms with Crippen LogP contribution in [-0.2, 0) is 11.3 Å². The van der Waals surface area contributed by atoms with E-state index in [0.29, 0.717) is 6.54 Å². The third-order valence-electron chi connectivity index (χ3n) is 2.45. The molecule has 0 aliphatic heterocycles. The normalized spacial score (nSPS) is 12.5. The lowest BCUT2D eigenvalue weighted by Gasteiger charge is -2.20. The van der Waals surface area contributed by atoms with Crippen molar-refractivity contribution in [2.45, 2.75) is 26.8 Å². The highest BCUT2D eigenvalue weighted by atomic mass is 79.9. The third kappa shape index (κ3) is 3.61. The highest BCUT2D eigenvalue weighted by Gasteiger charge is 2.15. The SMILES string of the molecule is CCC(C)C(=O)N(C)Cc1csc(Br)c1. The molecule has 1 amide bonds. The van der Waals surface area contributed by atoms with E-state index in [-0.39, 0.29) is 11.8 Å². The van der Waals surface area contributed by atoms with Gasteiger partial charge in [-0.3, -0.25) is 4.79 Å². The molecule has 1 aromatic heterocycles. The molecule has 0 fully saturated rings. The Balaban J connectivity index is 2.55. The number of nitrogens with zero attached hydrogens (tertiary/aromatic N) is 1. The van der Waals surface area contributed by atoms with Crippen molar-refractivity contribution in [2.24, 2.45) is 5.92 Å². The van der Waals surface area contributed by atoms with Gasteiger partial charge in [0.05, 0.1) is 3.79 Å². The fraction of sp³-hybridized carbons (Fsp3) is 0.545. The van der Waals surface area contributed by atoms with Gasteiger partial charge in [0.2, 0.25) is 5.91 Å². The van der Waals surface area contributed by atoms with Gasteiger partial charge in [-0.15, -0.1) is 11.3 Å².